The summed E-state index contributed by atoms with van der Waals surface area (Å²) in [6.45, 7) is 0.306. The number of anilines is 1. The molecule has 2 aromatic rings. The van der Waals surface area contributed by atoms with Gasteiger partial charge in [0.15, 0.2) is 5.76 Å². The standard InChI is InChI=1S/C19H19N3O4/c23-17-10-14(18(24)20-21-19(25)16-5-2-8-26-16)11-22(17)15-7-6-12-3-1-4-13(12)9-15/h2,5-9,14H,1,3-4,10-11H2,(H,20,24)(H,21,25)/t14-/m1/s1. The third-order valence-electron chi connectivity index (χ3n) is 4.93. The molecule has 3 amide bonds. The highest BCUT2D eigenvalue weighted by atomic mass is 16.3. The van der Waals surface area contributed by atoms with E-state index >= 15 is 0 Å². The van der Waals surface area contributed by atoms with Gasteiger partial charge in [0.25, 0.3) is 0 Å². The van der Waals surface area contributed by atoms with Crippen LogP contribution in [0.5, 0.6) is 0 Å². The molecule has 1 fully saturated rings. The quantitative estimate of drug-likeness (QED) is 0.820. The lowest BCUT2D eigenvalue weighted by atomic mass is 10.1. The number of hydrogen-bond donors (Lipinski definition) is 2. The van der Waals surface area contributed by atoms with Crippen molar-refractivity contribution in [2.24, 2.45) is 5.92 Å². The maximum absolute atomic E-state index is 12.4. The number of nitrogens with zero attached hydrogens (tertiary/aromatic N) is 1. The number of carbonyl (C=O) groups is 3. The summed E-state index contributed by atoms with van der Waals surface area (Å²) in [6, 6.07) is 9.15. The molecule has 0 bridgehead atoms. The molecule has 1 aliphatic heterocycles. The van der Waals surface area contributed by atoms with Gasteiger partial charge >= 0.3 is 5.91 Å². The van der Waals surface area contributed by atoms with Crippen molar-refractivity contribution in [3.63, 3.8) is 0 Å². The van der Waals surface area contributed by atoms with E-state index in [0.717, 1.165) is 24.9 Å². The van der Waals surface area contributed by atoms with Crippen molar-refractivity contribution >= 4 is 23.4 Å². The van der Waals surface area contributed by atoms with Crippen LogP contribution in [0, 0.1) is 5.92 Å². The van der Waals surface area contributed by atoms with Gasteiger partial charge in [0, 0.05) is 18.7 Å². The number of fused-ring (bicyclic) bond motifs is 1. The first-order chi connectivity index (χ1) is 12.6. The van der Waals surface area contributed by atoms with E-state index in [1.165, 1.54) is 23.5 Å². The number of furan rings is 1. The lowest BCUT2D eigenvalue weighted by Crippen LogP contribution is -2.45. The van der Waals surface area contributed by atoms with E-state index in [9.17, 15) is 14.4 Å². The lowest BCUT2D eigenvalue weighted by molar-refractivity contribution is -0.126. The molecule has 1 aromatic carbocycles. The summed E-state index contributed by atoms with van der Waals surface area (Å²) in [5, 5.41) is 0. The number of benzene rings is 1. The van der Waals surface area contributed by atoms with Crippen molar-refractivity contribution in [1.29, 1.82) is 0 Å². The zero-order valence-corrected chi connectivity index (χ0v) is 14.2. The Bertz CT molecular complexity index is 860. The van der Waals surface area contributed by atoms with Crippen molar-refractivity contribution in [3.8, 4) is 0 Å². The Hall–Kier alpha value is -3.09. The zero-order chi connectivity index (χ0) is 18.1. The molecule has 0 spiro atoms. The fourth-order valence-electron chi connectivity index (χ4n) is 3.55. The van der Waals surface area contributed by atoms with Crippen LogP contribution in [0.2, 0.25) is 0 Å². The van der Waals surface area contributed by atoms with Gasteiger partial charge in [-0.3, -0.25) is 25.2 Å². The van der Waals surface area contributed by atoms with Crippen LogP contribution in [0.15, 0.2) is 41.0 Å². The third kappa shape index (κ3) is 3.08. The first-order valence-corrected chi connectivity index (χ1v) is 8.67. The van der Waals surface area contributed by atoms with Gasteiger partial charge in [-0.25, -0.2) is 0 Å². The molecular weight excluding hydrogens is 334 g/mol. The normalized spacial score (nSPS) is 18.7. The van der Waals surface area contributed by atoms with Gasteiger partial charge < -0.3 is 9.32 Å². The summed E-state index contributed by atoms with van der Waals surface area (Å²) in [5.41, 5.74) is 8.14. The van der Waals surface area contributed by atoms with Crippen molar-refractivity contribution in [1.82, 2.24) is 10.9 Å². The van der Waals surface area contributed by atoms with Crippen LogP contribution in [0.25, 0.3) is 0 Å². The lowest BCUT2D eigenvalue weighted by Gasteiger charge is -2.18. The molecule has 2 heterocycles. The minimum Gasteiger partial charge on any atom is -0.459 e. The molecular formula is C19H19N3O4. The number of nitrogens with one attached hydrogen (secondary N) is 2. The van der Waals surface area contributed by atoms with E-state index in [4.69, 9.17) is 4.42 Å². The molecule has 0 saturated carbocycles. The van der Waals surface area contributed by atoms with Crippen LogP contribution >= 0.6 is 0 Å². The van der Waals surface area contributed by atoms with Crippen LogP contribution in [0.4, 0.5) is 5.69 Å². The SMILES string of the molecule is O=C(NNC(=O)[C@@H]1CC(=O)N(c2ccc3c(c2)CCC3)C1)c1ccco1. The molecule has 1 atom stereocenters. The maximum Gasteiger partial charge on any atom is 0.305 e. The highest BCUT2D eigenvalue weighted by Gasteiger charge is 2.35. The molecule has 7 heteroatoms. The summed E-state index contributed by atoms with van der Waals surface area (Å²) in [7, 11) is 0. The Labute approximate surface area is 150 Å². The second-order valence-corrected chi connectivity index (χ2v) is 6.63. The minimum atomic E-state index is -0.539. The topological polar surface area (TPSA) is 91.7 Å². The first-order valence-electron chi connectivity index (χ1n) is 8.67. The first kappa shape index (κ1) is 16.4. The molecule has 1 saturated heterocycles. The Morgan fingerprint density at radius 1 is 1.12 bits per heavy atom. The predicted octanol–water partition coefficient (Wildman–Crippen LogP) is 1.58. The fraction of sp³-hybridized carbons (Fsp3) is 0.316. The van der Waals surface area contributed by atoms with Crippen LogP contribution in [0.1, 0.15) is 34.5 Å². The summed E-state index contributed by atoms with van der Waals surface area (Å²) < 4.78 is 4.96. The molecule has 26 heavy (non-hydrogen) atoms. The highest BCUT2D eigenvalue weighted by Crippen LogP contribution is 2.30. The Morgan fingerprint density at radius 3 is 2.77 bits per heavy atom. The van der Waals surface area contributed by atoms with Crippen molar-refractivity contribution in [3.05, 3.63) is 53.5 Å². The van der Waals surface area contributed by atoms with E-state index in [2.05, 4.69) is 23.0 Å². The predicted molar refractivity (Wildman–Crippen MR) is 93.2 cm³/mol. The van der Waals surface area contributed by atoms with Gasteiger partial charge in [0.2, 0.25) is 11.8 Å². The van der Waals surface area contributed by atoms with Crippen LogP contribution < -0.4 is 15.8 Å². The monoisotopic (exact) mass is 353 g/mol. The van der Waals surface area contributed by atoms with E-state index in [1.807, 2.05) is 6.07 Å². The van der Waals surface area contributed by atoms with Crippen LogP contribution in [-0.4, -0.2) is 24.3 Å². The fourth-order valence-corrected chi connectivity index (χ4v) is 3.55. The van der Waals surface area contributed by atoms with Gasteiger partial charge in [-0.1, -0.05) is 6.07 Å². The minimum absolute atomic E-state index is 0.0829. The molecule has 2 aliphatic rings. The van der Waals surface area contributed by atoms with Crippen LogP contribution in [-0.2, 0) is 22.4 Å². The molecule has 134 valence electrons. The third-order valence-corrected chi connectivity index (χ3v) is 4.93. The van der Waals surface area contributed by atoms with Crippen molar-refractivity contribution in [2.75, 3.05) is 11.4 Å². The summed E-state index contributed by atoms with van der Waals surface area (Å²) >= 11 is 0. The number of amides is 3. The molecule has 0 radical (unpaired) electrons. The van der Waals surface area contributed by atoms with Gasteiger partial charge in [-0.15, -0.1) is 0 Å². The molecule has 4 rings (SSSR count). The largest absolute Gasteiger partial charge is 0.459 e. The van der Waals surface area contributed by atoms with Gasteiger partial charge in [0.1, 0.15) is 0 Å². The second kappa shape index (κ2) is 6.67. The Morgan fingerprint density at radius 2 is 1.96 bits per heavy atom. The van der Waals surface area contributed by atoms with Gasteiger partial charge in [-0.05, 0) is 54.7 Å². The molecule has 1 aliphatic carbocycles. The van der Waals surface area contributed by atoms with Gasteiger partial charge in [0.05, 0.1) is 12.2 Å². The average Bonchev–Trinajstić information content (AvgIpc) is 3.38. The summed E-state index contributed by atoms with van der Waals surface area (Å²) in [5.74, 6) is -1.41. The summed E-state index contributed by atoms with van der Waals surface area (Å²) in [6.07, 6.45) is 4.77. The maximum atomic E-state index is 12.4. The molecule has 2 N–H and O–H groups in total. The highest BCUT2D eigenvalue weighted by molar-refractivity contribution is 6.01. The number of carbonyl (C=O) groups excluding carboxylic acids is 3. The molecule has 0 unspecified atom stereocenters. The van der Waals surface area contributed by atoms with E-state index in [0.29, 0.717) is 6.54 Å². The van der Waals surface area contributed by atoms with Gasteiger partial charge in [-0.2, -0.15) is 0 Å². The zero-order valence-electron chi connectivity index (χ0n) is 14.2. The Balaban J connectivity index is 1.38. The number of aryl methyl sites for hydroxylation is 2. The van der Waals surface area contributed by atoms with Crippen molar-refractivity contribution in [2.45, 2.75) is 25.7 Å². The van der Waals surface area contributed by atoms with Crippen LogP contribution in [0.3, 0.4) is 0 Å². The van der Waals surface area contributed by atoms with E-state index < -0.39 is 11.8 Å². The molecule has 7 nitrogen and oxygen atoms in total. The average molecular weight is 353 g/mol. The van der Waals surface area contributed by atoms with E-state index in [-0.39, 0.29) is 24.0 Å². The Kier molecular flexibility index (Phi) is 4.20. The van der Waals surface area contributed by atoms with E-state index in [1.54, 1.807) is 11.0 Å². The number of hydrogen-bond acceptors (Lipinski definition) is 4. The second-order valence-electron chi connectivity index (χ2n) is 6.63. The summed E-state index contributed by atoms with van der Waals surface area (Å²) in [4.78, 5) is 38.1. The number of hydrazine groups is 1. The van der Waals surface area contributed by atoms with Crippen molar-refractivity contribution < 1.29 is 18.8 Å². The smallest absolute Gasteiger partial charge is 0.305 e. The number of rotatable bonds is 3. The molecule has 1 aromatic heterocycles.